The van der Waals surface area contributed by atoms with E-state index >= 15 is 0 Å². The van der Waals surface area contributed by atoms with Gasteiger partial charge in [-0.05, 0) is 41.9 Å². The molecule has 1 amide bonds. The second-order valence-electron chi connectivity index (χ2n) is 7.80. The van der Waals surface area contributed by atoms with Crippen molar-refractivity contribution in [3.63, 3.8) is 0 Å². The van der Waals surface area contributed by atoms with E-state index in [0.29, 0.717) is 0 Å². The molecule has 0 bridgehead atoms. The van der Waals surface area contributed by atoms with Crippen LogP contribution in [-0.4, -0.2) is 92.9 Å². The molecule has 1 aromatic carbocycles. The van der Waals surface area contributed by atoms with Gasteiger partial charge in [0.15, 0.2) is 0 Å². The van der Waals surface area contributed by atoms with Gasteiger partial charge in [0.05, 0.1) is 17.6 Å². The molecule has 3 heterocycles. The van der Waals surface area contributed by atoms with E-state index < -0.39 is 0 Å². The number of benzene rings is 1. The first-order chi connectivity index (χ1) is 14.7. The molecule has 9 nitrogen and oxygen atoms in total. The SMILES string of the molecule is NC(CCCCN1CCN(c2nnnn2-c2ccccc2)CC1)C(=O)N1CCSC1. The van der Waals surface area contributed by atoms with Gasteiger partial charge >= 0.3 is 0 Å². The van der Waals surface area contributed by atoms with Gasteiger partial charge in [-0.1, -0.05) is 29.7 Å². The second-order valence-corrected chi connectivity index (χ2v) is 8.87. The van der Waals surface area contributed by atoms with Crippen molar-refractivity contribution in [3.05, 3.63) is 30.3 Å². The number of para-hydroxylation sites is 1. The largest absolute Gasteiger partial charge is 0.337 e. The molecule has 2 fully saturated rings. The van der Waals surface area contributed by atoms with Gasteiger partial charge in [0.2, 0.25) is 11.9 Å². The predicted octanol–water partition coefficient (Wildman–Crippen LogP) is 0.815. The lowest BCUT2D eigenvalue weighted by atomic mass is 10.1. The minimum Gasteiger partial charge on any atom is -0.337 e. The molecule has 1 atom stereocenters. The van der Waals surface area contributed by atoms with Crippen molar-refractivity contribution >= 4 is 23.6 Å². The first-order valence-electron chi connectivity index (χ1n) is 10.7. The molecule has 10 heteroatoms. The number of anilines is 1. The maximum atomic E-state index is 12.3. The summed E-state index contributed by atoms with van der Waals surface area (Å²) in [6, 6.07) is 9.63. The van der Waals surface area contributed by atoms with Crippen LogP contribution in [0.25, 0.3) is 5.69 Å². The van der Waals surface area contributed by atoms with Crippen molar-refractivity contribution in [1.29, 1.82) is 0 Å². The van der Waals surface area contributed by atoms with Crippen LogP contribution >= 0.6 is 11.8 Å². The van der Waals surface area contributed by atoms with E-state index in [1.807, 2.05) is 35.2 Å². The number of nitrogens with two attached hydrogens (primary N) is 1. The van der Waals surface area contributed by atoms with Crippen LogP contribution in [0.5, 0.6) is 0 Å². The Morgan fingerprint density at radius 1 is 1.10 bits per heavy atom. The molecule has 0 aliphatic carbocycles. The number of piperazine rings is 1. The number of amides is 1. The van der Waals surface area contributed by atoms with Crippen molar-refractivity contribution in [1.82, 2.24) is 30.0 Å². The van der Waals surface area contributed by atoms with E-state index in [1.54, 1.807) is 16.4 Å². The summed E-state index contributed by atoms with van der Waals surface area (Å²) in [5.41, 5.74) is 7.08. The molecule has 2 saturated heterocycles. The summed E-state index contributed by atoms with van der Waals surface area (Å²) in [5, 5.41) is 12.3. The molecule has 2 aliphatic heterocycles. The third-order valence-corrected chi connectivity index (χ3v) is 6.70. The van der Waals surface area contributed by atoms with Crippen molar-refractivity contribution in [2.45, 2.75) is 25.3 Å². The predicted molar refractivity (Wildman–Crippen MR) is 119 cm³/mol. The van der Waals surface area contributed by atoms with Crippen molar-refractivity contribution in [2.24, 2.45) is 5.73 Å². The van der Waals surface area contributed by atoms with E-state index in [2.05, 4.69) is 25.3 Å². The molecule has 162 valence electrons. The van der Waals surface area contributed by atoms with Gasteiger partial charge in [-0.2, -0.15) is 4.68 Å². The third kappa shape index (κ3) is 5.11. The number of nitrogens with zero attached hydrogens (tertiary/aromatic N) is 7. The highest BCUT2D eigenvalue weighted by Gasteiger charge is 2.24. The Labute approximate surface area is 181 Å². The van der Waals surface area contributed by atoms with Crippen molar-refractivity contribution in [2.75, 3.05) is 55.8 Å². The van der Waals surface area contributed by atoms with Crippen molar-refractivity contribution < 1.29 is 4.79 Å². The van der Waals surface area contributed by atoms with Crippen molar-refractivity contribution in [3.8, 4) is 5.69 Å². The van der Waals surface area contributed by atoms with Gasteiger partial charge in [-0.15, -0.1) is 11.8 Å². The lowest BCUT2D eigenvalue weighted by molar-refractivity contribution is -0.131. The molecule has 0 saturated carbocycles. The number of hydrogen-bond acceptors (Lipinski definition) is 8. The van der Waals surface area contributed by atoms with Crippen LogP contribution < -0.4 is 10.6 Å². The third-order valence-electron chi connectivity index (χ3n) is 5.73. The minimum atomic E-state index is -0.350. The number of tetrazole rings is 1. The fourth-order valence-corrected chi connectivity index (χ4v) is 4.89. The molecule has 2 aromatic rings. The number of hydrogen-bond donors (Lipinski definition) is 1. The summed E-state index contributed by atoms with van der Waals surface area (Å²) in [5.74, 6) is 2.74. The smallest absolute Gasteiger partial charge is 0.250 e. The van der Waals surface area contributed by atoms with Gasteiger partial charge in [-0.3, -0.25) is 9.69 Å². The summed E-state index contributed by atoms with van der Waals surface area (Å²) in [7, 11) is 0. The fraction of sp³-hybridized carbons (Fsp3) is 0.600. The Kier molecular flexibility index (Phi) is 7.19. The molecule has 1 aromatic heterocycles. The number of rotatable bonds is 8. The standard InChI is InChI=1S/C20H30N8OS/c21-18(19(29)27-14-15-30-16-27)8-4-5-9-25-10-12-26(13-11-25)20-22-23-24-28(20)17-6-2-1-3-7-17/h1-3,6-7,18H,4-5,8-16,21H2. The highest BCUT2D eigenvalue weighted by Crippen LogP contribution is 2.18. The fourth-order valence-electron chi connectivity index (χ4n) is 3.93. The molecule has 0 spiro atoms. The first kappa shape index (κ1) is 21.1. The van der Waals surface area contributed by atoms with Gasteiger partial charge in [-0.25, -0.2) is 0 Å². The van der Waals surface area contributed by atoms with Crippen LogP contribution in [0.15, 0.2) is 30.3 Å². The maximum Gasteiger partial charge on any atom is 0.250 e. The zero-order valence-electron chi connectivity index (χ0n) is 17.3. The summed E-state index contributed by atoms with van der Waals surface area (Å²) in [6.07, 6.45) is 2.82. The second kappa shape index (κ2) is 10.2. The molecule has 4 rings (SSSR count). The van der Waals surface area contributed by atoms with E-state index in [9.17, 15) is 4.79 Å². The zero-order valence-corrected chi connectivity index (χ0v) is 18.1. The summed E-state index contributed by atoms with van der Waals surface area (Å²) in [4.78, 5) is 18.9. The highest BCUT2D eigenvalue weighted by atomic mass is 32.2. The number of thioether (sulfide) groups is 1. The van der Waals surface area contributed by atoms with Crippen LogP contribution in [0, 0.1) is 0 Å². The minimum absolute atomic E-state index is 0.116. The Bertz CT molecular complexity index is 802. The maximum absolute atomic E-state index is 12.3. The van der Waals surface area contributed by atoms with Crippen LogP contribution in [0.2, 0.25) is 0 Å². The summed E-state index contributed by atoms with van der Waals surface area (Å²) in [6.45, 7) is 5.65. The topological polar surface area (TPSA) is 96.4 Å². The van der Waals surface area contributed by atoms with Crippen LogP contribution in [0.3, 0.4) is 0 Å². The molecule has 30 heavy (non-hydrogen) atoms. The van der Waals surface area contributed by atoms with E-state index in [0.717, 1.165) is 81.8 Å². The van der Waals surface area contributed by atoms with Crippen LogP contribution in [0.1, 0.15) is 19.3 Å². The summed E-state index contributed by atoms with van der Waals surface area (Å²) < 4.78 is 1.80. The quantitative estimate of drug-likeness (QED) is 0.615. The van der Waals surface area contributed by atoms with E-state index in [4.69, 9.17) is 5.73 Å². The van der Waals surface area contributed by atoms with E-state index in [-0.39, 0.29) is 11.9 Å². The lowest BCUT2D eigenvalue weighted by Crippen LogP contribution is -2.47. The average molecular weight is 431 g/mol. The number of carbonyl (C=O) groups excluding carboxylic acids is 1. The van der Waals surface area contributed by atoms with Gasteiger partial charge in [0, 0.05) is 38.5 Å². The van der Waals surface area contributed by atoms with Crippen LogP contribution in [-0.2, 0) is 4.79 Å². The lowest BCUT2D eigenvalue weighted by Gasteiger charge is -2.34. The molecule has 2 aliphatic rings. The van der Waals surface area contributed by atoms with Gasteiger partial charge in [0.1, 0.15) is 0 Å². The normalized spacial score (nSPS) is 18.7. The number of unbranched alkanes of at least 4 members (excludes halogenated alkanes) is 1. The molecular formula is C20H30N8OS. The Balaban J connectivity index is 1.18. The Morgan fingerprint density at radius 3 is 2.63 bits per heavy atom. The molecular weight excluding hydrogens is 400 g/mol. The highest BCUT2D eigenvalue weighted by molar-refractivity contribution is 7.99. The Morgan fingerprint density at radius 2 is 1.90 bits per heavy atom. The summed E-state index contributed by atoms with van der Waals surface area (Å²) >= 11 is 1.80. The van der Waals surface area contributed by atoms with Gasteiger partial charge in [0.25, 0.3) is 0 Å². The first-order valence-corrected chi connectivity index (χ1v) is 11.8. The van der Waals surface area contributed by atoms with Crippen LogP contribution in [0.4, 0.5) is 5.95 Å². The molecule has 0 radical (unpaired) electrons. The molecule has 2 N–H and O–H groups in total. The zero-order chi connectivity index (χ0) is 20.8. The molecule has 1 unspecified atom stereocenters. The average Bonchev–Trinajstić information content (AvgIpc) is 3.49. The van der Waals surface area contributed by atoms with E-state index in [1.165, 1.54) is 0 Å². The van der Waals surface area contributed by atoms with Gasteiger partial charge < -0.3 is 15.5 Å². The monoisotopic (exact) mass is 430 g/mol. The number of carbonyl (C=O) groups is 1. The Hall–Kier alpha value is -2.17. The number of aromatic nitrogens is 4.